The van der Waals surface area contributed by atoms with Crippen molar-refractivity contribution in [2.24, 2.45) is 0 Å². The van der Waals surface area contributed by atoms with Gasteiger partial charge >= 0.3 is 0 Å². The number of nitrogens with zero attached hydrogens (tertiary/aromatic N) is 2. The Morgan fingerprint density at radius 2 is 2.41 bits per heavy atom. The average Bonchev–Trinajstić information content (AvgIpc) is 2.74. The Balaban J connectivity index is 1.83. The fourth-order valence-corrected chi connectivity index (χ4v) is 3.68. The lowest BCUT2D eigenvalue weighted by Gasteiger charge is -2.19. The molecular weight excluding hydrogens is 232 g/mol. The first-order valence-electron chi connectivity index (χ1n) is 6.10. The summed E-state index contributed by atoms with van der Waals surface area (Å²) in [6.07, 6.45) is 8.98. The van der Waals surface area contributed by atoms with E-state index >= 15 is 0 Å². The molecule has 90 valence electrons. The number of thioether (sulfide) groups is 1. The van der Waals surface area contributed by atoms with E-state index in [9.17, 15) is 5.11 Å². The Morgan fingerprint density at radius 3 is 3.18 bits per heavy atom. The van der Waals surface area contributed by atoms with Crippen LogP contribution in [0, 0.1) is 0 Å². The van der Waals surface area contributed by atoms with E-state index in [0.717, 1.165) is 12.1 Å². The zero-order valence-corrected chi connectivity index (χ0v) is 10.5. The molecule has 3 nitrogen and oxygen atoms in total. The third kappa shape index (κ3) is 2.27. The van der Waals surface area contributed by atoms with Crippen molar-refractivity contribution in [1.29, 1.82) is 0 Å². The van der Waals surface area contributed by atoms with Gasteiger partial charge in [0, 0.05) is 24.1 Å². The van der Waals surface area contributed by atoms with E-state index in [2.05, 4.69) is 16.7 Å². The van der Waals surface area contributed by atoms with E-state index in [-0.39, 0.29) is 5.75 Å². The summed E-state index contributed by atoms with van der Waals surface area (Å²) in [4.78, 5) is 4.51. The van der Waals surface area contributed by atoms with Crippen LogP contribution in [-0.2, 0) is 6.42 Å². The van der Waals surface area contributed by atoms with Crippen molar-refractivity contribution in [2.75, 3.05) is 5.75 Å². The van der Waals surface area contributed by atoms with Crippen LogP contribution in [0.5, 0.6) is 5.75 Å². The minimum absolute atomic E-state index is 0.259. The normalized spacial score (nSPS) is 20.8. The molecule has 1 atom stereocenters. The van der Waals surface area contributed by atoms with Crippen LogP contribution in [0.25, 0.3) is 5.65 Å². The molecule has 0 spiro atoms. The van der Waals surface area contributed by atoms with Crippen LogP contribution in [0.1, 0.15) is 25.0 Å². The number of hydrogen-bond donors (Lipinski definition) is 1. The molecule has 0 amide bonds. The van der Waals surface area contributed by atoms with Gasteiger partial charge in [-0.05, 0) is 30.7 Å². The molecule has 0 radical (unpaired) electrons. The average molecular weight is 248 g/mol. The van der Waals surface area contributed by atoms with Gasteiger partial charge in [0.25, 0.3) is 0 Å². The molecular formula is C13H16N2OS. The van der Waals surface area contributed by atoms with Gasteiger partial charge in [-0.3, -0.25) is 0 Å². The van der Waals surface area contributed by atoms with Gasteiger partial charge in [0.2, 0.25) is 0 Å². The molecule has 4 heteroatoms. The fraction of sp³-hybridized carbons (Fsp3) is 0.462. The molecule has 3 heterocycles. The molecule has 17 heavy (non-hydrogen) atoms. The zero-order valence-electron chi connectivity index (χ0n) is 9.67. The largest absolute Gasteiger partial charge is 0.504 e. The topological polar surface area (TPSA) is 37.5 Å². The Hall–Kier alpha value is -1.16. The molecule has 0 aromatic carbocycles. The Bertz CT molecular complexity index is 517. The molecule has 1 aliphatic rings. The fourth-order valence-electron chi connectivity index (χ4n) is 2.35. The van der Waals surface area contributed by atoms with Gasteiger partial charge in [0.1, 0.15) is 0 Å². The molecule has 1 saturated heterocycles. The van der Waals surface area contributed by atoms with E-state index in [0.29, 0.717) is 10.9 Å². The van der Waals surface area contributed by atoms with Crippen molar-refractivity contribution in [1.82, 2.24) is 9.38 Å². The van der Waals surface area contributed by atoms with Crippen molar-refractivity contribution in [2.45, 2.75) is 30.9 Å². The minimum Gasteiger partial charge on any atom is -0.504 e. The Morgan fingerprint density at radius 1 is 1.47 bits per heavy atom. The number of hydrogen-bond acceptors (Lipinski definition) is 3. The lowest BCUT2D eigenvalue weighted by Crippen LogP contribution is -2.12. The van der Waals surface area contributed by atoms with Crippen LogP contribution in [0.15, 0.2) is 24.5 Å². The second-order valence-electron chi connectivity index (χ2n) is 4.55. The lowest BCUT2D eigenvalue weighted by atomic mass is 10.1. The van der Waals surface area contributed by atoms with Crippen LogP contribution in [-0.4, -0.2) is 25.5 Å². The van der Waals surface area contributed by atoms with Gasteiger partial charge in [-0.25, -0.2) is 4.98 Å². The summed E-state index contributed by atoms with van der Waals surface area (Å²) in [6.45, 7) is 0. The lowest BCUT2D eigenvalue weighted by molar-refractivity contribution is 0.477. The van der Waals surface area contributed by atoms with Crippen LogP contribution >= 0.6 is 11.8 Å². The molecule has 0 bridgehead atoms. The van der Waals surface area contributed by atoms with E-state index in [1.807, 2.05) is 22.9 Å². The number of imidazole rings is 1. The first kappa shape index (κ1) is 11.0. The second-order valence-corrected chi connectivity index (χ2v) is 5.96. The summed E-state index contributed by atoms with van der Waals surface area (Å²) in [5, 5.41) is 10.4. The van der Waals surface area contributed by atoms with Gasteiger partial charge in [-0.15, -0.1) is 0 Å². The molecule has 2 aromatic rings. The molecule has 0 saturated carbocycles. The minimum atomic E-state index is 0.259. The maximum Gasteiger partial charge on any atom is 0.179 e. The van der Waals surface area contributed by atoms with E-state index < -0.39 is 0 Å². The molecule has 1 fully saturated rings. The standard InChI is InChI=1S/C13H16N2OS/c16-12-5-3-6-15-9-10(14-13(12)15)8-11-4-1-2-7-17-11/h3,5-6,9,11,16H,1-2,4,7-8H2. The van der Waals surface area contributed by atoms with E-state index in [1.54, 1.807) is 6.07 Å². The van der Waals surface area contributed by atoms with Crippen molar-refractivity contribution in [3.05, 3.63) is 30.2 Å². The molecule has 3 rings (SSSR count). The number of aromatic nitrogens is 2. The summed E-state index contributed by atoms with van der Waals surface area (Å²) < 4.78 is 1.90. The summed E-state index contributed by atoms with van der Waals surface area (Å²) >= 11 is 2.06. The molecule has 1 unspecified atom stereocenters. The third-order valence-electron chi connectivity index (χ3n) is 3.22. The van der Waals surface area contributed by atoms with Gasteiger partial charge in [0.15, 0.2) is 11.4 Å². The number of aromatic hydroxyl groups is 1. The highest BCUT2D eigenvalue weighted by atomic mass is 32.2. The first-order valence-corrected chi connectivity index (χ1v) is 7.15. The smallest absolute Gasteiger partial charge is 0.179 e. The van der Waals surface area contributed by atoms with Crippen molar-refractivity contribution in [3.8, 4) is 5.75 Å². The highest BCUT2D eigenvalue weighted by Crippen LogP contribution is 2.28. The predicted octanol–water partition coefficient (Wildman–Crippen LogP) is 2.87. The van der Waals surface area contributed by atoms with Crippen LogP contribution in [0.4, 0.5) is 0 Å². The third-order valence-corrected chi connectivity index (χ3v) is 4.62. The molecule has 1 N–H and O–H groups in total. The van der Waals surface area contributed by atoms with Gasteiger partial charge in [-0.1, -0.05) is 6.42 Å². The van der Waals surface area contributed by atoms with Crippen molar-refractivity contribution < 1.29 is 5.11 Å². The summed E-state index contributed by atoms with van der Waals surface area (Å²) in [5.74, 6) is 1.54. The molecule has 2 aromatic heterocycles. The summed E-state index contributed by atoms with van der Waals surface area (Å²) in [5.41, 5.74) is 1.76. The monoisotopic (exact) mass is 248 g/mol. The summed E-state index contributed by atoms with van der Waals surface area (Å²) in [6, 6.07) is 3.52. The van der Waals surface area contributed by atoms with Crippen LogP contribution < -0.4 is 0 Å². The maximum atomic E-state index is 9.70. The second kappa shape index (κ2) is 4.61. The quantitative estimate of drug-likeness (QED) is 0.888. The molecule has 1 aliphatic heterocycles. The zero-order chi connectivity index (χ0) is 11.7. The van der Waals surface area contributed by atoms with Gasteiger partial charge < -0.3 is 9.51 Å². The van der Waals surface area contributed by atoms with E-state index in [4.69, 9.17) is 0 Å². The highest BCUT2D eigenvalue weighted by molar-refractivity contribution is 7.99. The highest BCUT2D eigenvalue weighted by Gasteiger charge is 2.16. The van der Waals surface area contributed by atoms with E-state index in [1.165, 1.54) is 25.0 Å². The van der Waals surface area contributed by atoms with Crippen molar-refractivity contribution >= 4 is 17.4 Å². The first-order chi connectivity index (χ1) is 8.33. The summed E-state index contributed by atoms with van der Waals surface area (Å²) in [7, 11) is 0. The predicted molar refractivity (Wildman–Crippen MR) is 70.7 cm³/mol. The van der Waals surface area contributed by atoms with Crippen molar-refractivity contribution in [3.63, 3.8) is 0 Å². The van der Waals surface area contributed by atoms with Gasteiger partial charge in [-0.2, -0.15) is 11.8 Å². The number of fused-ring (bicyclic) bond motifs is 1. The maximum absolute atomic E-state index is 9.70. The molecule has 0 aliphatic carbocycles. The Kier molecular flexibility index (Phi) is 2.97. The number of rotatable bonds is 2. The van der Waals surface area contributed by atoms with Gasteiger partial charge in [0.05, 0.1) is 5.69 Å². The van der Waals surface area contributed by atoms with Crippen LogP contribution in [0.3, 0.4) is 0 Å². The Labute approximate surface area is 105 Å². The SMILES string of the molecule is Oc1cccn2cc(CC3CCCCS3)nc12. The number of pyridine rings is 1. The van der Waals surface area contributed by atoms with Crippen LogP contribution in [0.2, 0.25) is 0 Å².